The van der Waals surface area contributed by atoms with Gasteiger partial charge in [0.2, 0.25) is 5.91 Å². The van der Waals surface area contributed by atoms with E-state index >= 15 is 0 Å². The second kappa shape index (κ2) is 9.43. The number of aryl methyl sites for hydroxylation is 2. The highest BCUT2D eigenvalue weighted by Crippen LogP contribution is 2.27. The monoisotopic (exact) mass is 410 g/mol. The van der Waals surface area contributed by atoms with Crippen LogP contribution in [0.4, 0.5) is 11.4 Å². The van der Waals surface area contributed by atoms with Gasteiger partial charge in [0, 0.05) is 24.3 Å². The molecule has 0 aromatic heterocycles. The molecule has 1 N–H and O–H groups in total. The molecule has 1 aliphatic heterocycles. The normalized spacial score (nSPS) is 15.8. The molecule has 2 aromatic carbocycles. The van der Waals surface area contributed by atoms with Crippen LogP contribution in [0.2, 0.25) is 0 Å². The van der Waals surface area contributed by atoms with Gasteiger partial charge >= 0.3 is 5.97 Å². The first kappa shape index (κ1) is 21.4. The van der Waals surface area contributed by atoms with Gasteiger partial charge in [-0.1, -0.05) is 12.1 Å². The van der Waals surface area contributed by atoms with E-state index in [2.05, 4.69) is 5.32 Å². The van der Waals surface area contributed by atoms with Crippen LogP contribution in [0.3, 0.4) is 0 Å². The molecule has 1 heterocycles. The van der Waals surface area contributed by atoms with Crippen LogP contribution < -0.4 is 15.0 Å². The van der Waals surface area contributed by atoms with E-state index in [1.807, 2.05) is 39.0 Å². The summed E-state index contributed by atoms with van der Waals surface area (Å²) in [4.78, 5) is 38.4. The predicted molar refractivity (Wildman–Crippen MR) is 114 cm³/mol. The van der Waals surface area contributed by atoms with Crippen molar-refractivity contribution in [1.29, 1.82) is 0 Å². The number of ether oxygens (including phenoxy) is 2. The van der Waals surface area contributed by atoms with Gasteiger partial charge in [-0.05, 0) is 62.2 Å². The van der Waals surface area contributed by atoms with Gasteiger partial charge in [0.1, 0.15) is 5.75 Å². The van der Waals surface area contributed by atoms with Gasteiger partial charge in [-0.15, -0.1) is 0 Å². The lowest BCUT2D eigenvalue weighted by molar-refractivity contribution is -0.151. The molecule has 0 aliphatic carbocycles. The SMILES string of the molecule is CCOc1ccc(N2CC(C(=O)OCC(=O)Nc3cc(C)ccc3C)CC2=O)cc1. The molecule has 1 atom stereocenters. The van der Waals surface area contributed by atoms with E-state index in [-0.39, 0.29) is 25.5 Å². The Bertz CT molecular complexity index is 939. The smallest absolute Gasteiger partial charge is 0.311 e. The summed E-state index contributed by atoms with van der Waals surface area (Å²) in [6.07, 6.45) is 0.0602. The summed E-state index contributed by atoms with van der Waals surface area (Å²) < 4.78 is 10.6. The van der Waals surface area contributed by atoms with Crippen LogP contribution >= 0.6 is 0 Å². The van der Waals surface area contributed by atoms with Gasteiger partial charge < -0.3 is 19.7 Å². The van der Waals surface area contributed by atoms with Crippen LogP contribution in [0.1, 0.15) is 24.5 Å². The van der Waals surface area contributed by atoms with Crippen LogP contribution in [-0.4, -0.2) is 37.5 Å². The van der Waals surface area contributed by atoms with Crippen molar-refractivity contribution >= 4 is 29.2 Å². The number of hydrogen-bond acceptors (Lipinski definition) is 5. The number of nitrogens with one attached hydrogen (secondary N) is 1. The average molecular weight is 410 g/mol. The maximum Gasteiger partial charge on any atom is 0.311 e. The Morgan fingerprint density at radius 2 is 1.87 bits per heavy atom. The fourth-order valence-electron chi connectivity index (χ4n) is 3.32. The van der Waals surface area contributed by atoms with Crippen molar-refractivity contribution in [2.75, 3.05) is 30.0 Å². The number of carbonyl (C=O) groups is 3. The highest BCUT2D eigenvalue weighted by Gasteiger charge is 2.36. The molecule has 7 nitrogen and oxygen atoms in total. The van der Waals surface area contributed by atoms with Crippen LogP contribution in [0.25, 0.3) is 0 Å². The Morgan fingerprint density at radius 3 is 2.57 bits per heavy atom. The number of esters is 1. The summed E-state index contributed by atoms with van der Waals surface area (Å²) in [5, 5.41) is 2.75. The molecule has 30 heavy (non-hydrogen) atoms. The highest BCUT2D eigenvalue weighted by molar-refractivity contribution is 6.00. The zero-order valence-corrected chi connectivity index (χ0v) is 17.4. The fourth-order valence-corrected chi connectivity index (χ4v) is 3.32. The Morgan fingerprint density at radius 1 is 1.13 bits per heavy atom. The summed E-state index contributed by atoms with van der Waals surface area (Å²) in [6, 6.07) is 12.9. The Balaban J connectivity index is 1.53. The standard InChI is InChI=1S/C23H26N2O5/c1-4-29-19-9-7-18(8-10-19)25-13-17(12-22(25)27)23(28)30-14-21(26)24-20-11-15(2)5-6-16(20)3/h5-11,17H,4,12-14H2,1-3H3,(H,24,26). The molecule has 3 rings (SSSR count). The minimum atomic E-state index is -0.599. The van der Waals surface area contributed by atoms with Crippen LogP contribution in [0.15, 0.2) is 42.5 Å². The summed E-state index contributed by atoms with van der Waals surface area (Å²) in [5.74, 6) is -0.991. The Kier molecular flexibility index (Phi) is 6.72. The van der Waals surface area contributed by atoms with Gasteiger partial charge in [0.25, 0.3) is 5.91 Å². The lowest BCUT2D eigenvalue weighted by Crippen LogP contribution is -2.28. The van der Waals surface area contributed by atoms with E-state index in [4.69, 9.17) is 9.47 Å². The van der Waals surface area contributed by atoms with E-state index in [1.54, 1.807) is 29.2 Å². The van der Waals surface area contributed by atoms with Gasteiger partial charge in [-0.2, -0.15) is 0 Å². The zero-order chi connectivity index (χ0) is 21.7. The molecule has 0 spiro atoms. The van der Waals surface area contributed by atoms with Crippen molar-refractivity contribution in [3.05, 3.63) is 53.6 Å². The lowest BCUT2D eigenvalue weighted by Gasteiger charge is -2.17. The van der Waals surface area contributed by atoms with Crippen molar-refractivity contribution in [1.82, 2.24) is 0 Å². The predicted octanol–water partition coefficient (Wildman–Crippen LogP) is 3.24. The summed E-state index contributed by atoms with van der Waals surface area (Å²) in [5.41, 5.74) is 3.33. The highest BCUT2D eigenvalue weighted by atomic mass is 16.5. The summed E-state index contributed by atoms with van der Waals surface area (Å²) >= 11 is 0. The van der Waals surface area contributed by atoms with Crippen LogP contribution in [0, 0.1) is 19.8 Å². The maximum absolute atomic E-state index is 12.4. The molecule has 1 unspecified atom stereocenters. The number of benzene rings is 2. The van der Waals surface area contributed by atoms with E-state index in [1.165, 1.54) is 0 Å². The first-order chi connectivity index (χ1) is 14.4. The fraction of sp³-hybridized carbons (Fsp3) is 0.348. The molecule has 0 radical (unpaired) electrons. The van der Waals surface area contributed by atoms with Crippen molar-refractivity contribution < 1.29 is 23.9 Å². The molecule has 2 aromatic rings. The molecule has 0 saturated carbocycles. The van der Waals surface area contributed by atoms with Crippen molar-refractivity contribution in [3.63, 3.8) is 0 Å². The first-order valence-corrected chi connectivity index (χ1v) is 9.94. The second-order valence-electron chi connectivity index (χ2n) is 7.31. The molecule has 7 heteroatoms. The van der Waals surface area contributed by atoms with Crippen molar-refractivity contribution in [2.45, 2.75) is 27.2 Å². The number of rotatable bonds is 7. The third-order valence-electron chi connectivity index (χ3n) is 4.93. The van der Waals surface area contributed by atoms with Crippen LogP contribution in [0.5, 0.6) is 5.75 Å². The quantitative estimate of drug-likeness (QED) is 0.709. The minimum Gasteiger partial charge on any atom is -0.494 e. The third-order valence-corrected chi connectivity index (χ3v) is 4.93. The molecule has 2 amide bonds. The van der Waals surface area contributed by atoms with Gasteiger partial charge in [-0.25, -0.2) is 0 Å². The molecule has 0 bridgehead atoms. The number of hydrogen-bond donors (Lipinski definition) is 1. The van der Waals surface area contributed by atoms with Crippen LogP contribution in [-0.2, 0) is 19.1 Å². The lowest BCUT2D eigenvalue weighted by atomic mass is 10.1. The molecular formula is C23H26N2O5. The van der Waals surface area contributed by atoms with E-state index in [9.17, 15) is 14.4 Å². The van der Waals surface area contributed by atoms with E-state index < -0.39 is 17.8 Å². The Labute approximate surface area is 176 Å². The first-order valence-electron chi connectivity index (χ1n) is 9.94. The van der Waals surface area contributed by atoms with Gasteiger partial charge in [0.15, 0.2) is 6.61 Å². The minimum absolute atomic E-state index is 0.0602. The molecule has 158 valence electrons. The van der Waals surface area contributed by atoms with Gasteiger partial charge in [0.05, 0.1) is 12.5 Å². The van der Waals surface area contributed by atoms with E-state index in [0.717, 1.165) is 16.9 Å². The number of carbonyl (C=O) groups excluding carboxylic acids is 3. The number of amides is 2. The average Bonchev–Trinajstić information content (AvgIpc) is 3.11. The zero-order valence-electron chi connectivity index (χ0n) is 17.4. The third kappa shape index (κ3) is 5.17. The Hall–Kier alpha value is -3.35. The summed E-state index contributed by atoms with van der Waals surface area (Å²) in [7, 11) is 0. The maximum atomic E-state index is 12.4. The number of nitrogens with zero attached hydrogens (tertiary/aromatic N) is 1. The van der Waals surface area contributed by atoms with Crippen molar-refractivity contribution in [3.8, 4) is 5.75 Å². The van der Waals surface area contributed by atoms with Crippen molar-refractivity contribution in [2.24, 2.45) is 5.92 Å². The second-order valence-corrected chi connectivity index (χ2v) is 7.31. The number of anilines is 2. The molecular weight excluding hydrogens is 384 g/mol. The summed E-state index contributed by atoms with van der Waals surface area (Å²) in [6.45, 7) is 6.12. The largest absolute Gasteiger partial charge is 0.494 e. The molecule has 1 fully saturated rings. The van der Waals surface area contributed by atoms with Gasteiger partial charge in [-0.3, -0.25) is 14.4 Å². The molecule has 1 aliphatic rings. The van der Waals surface area contributed by atoms with E-state index in [0.29, 0.717) is 18.0 Å². The topological polar surface area (TPSA) is 84.9 Å². The molecule has 1 saturated heterocycles.